The Morgan fingerprint density at radius 2 is 2.00 bits per heavy atom. The molecule has 7 heteroatoms. The van der Waals surface area contributed by atoms with Gasteiger partial charge in [-0.3, -0.25) is 0 Å². The monoisotopic (exact) mass is 296 g/mol. The summed E-state index contributed by atoms with van der Waals surface area (Å²) in [5.41, 5.74) is 7.15. The molecule has 1 aromatic heterocycles. The maximum Gasteiger partial charge on any atom is 0.220 e. The lowest BCUT2D eigenvalue weighted by Crippen LogP contribution is -2.32. The predicted molar refractivity (Wildman–Crippen MR) is 76.1 cm³/mol. The van der Waals surface area contributed by atoms with Crippen molar-refractivity contribution in [2.45, 2.75) is 45.2 Å². The molecule has 1 fully saturated rings. The Kier molecular flexibility index (Phi) is 3.64. The van der Waals surface area contributed by atoms with Crippen LogP contribution in [0.4, 0.5) is 5.95 Å². The predicted octanol–water partition coefficient (Wildman–Crippen LogP) is 1.28. The van der Waals surface area contributed by atoms with Crippen LogP contribution in [0.2, 0.25) is 0 Å². The van der Waals surface area contributed by atoms with E-state index in [-0.39, 0.29) is 11.7 Å². The Morgan fingerprint density at radius 3 is 2.75 bits per heavy atom. The van der Waals surface area contributed by atoms with Crippen molar-refractivity contribution >= 4 is 16.0 Å². The fourth-order valence-electron chi connectivity index (χ4n) is 3.09. The van der Waals surface area contributed by atoms with Crippen molar-refractivity contribution < 1.29 is 8.42 Å². The third-order valence-corrected chi connectivity index (χ3v) is 6.15. The van der Waals surface area contributed by atoms with E-state index in [1.165, 1.54) is 10.7 Å². The summed E-state index contributed by atoms with van der Waals surface area (Å²) in [5, 5.41) is 0. The number of aromatic nitrogens is 2. The first-order chi connectivity index (χ1) is 9.54. The van der Waals surface area contributed by atoms with Crippen molar-refractivity contribution in [1.29, 1.82) is 0 Å². The molecule has 20 heavy (non-hydrogen) atoms. The van der Waals surface area contributed by atoms with Crippen LogP contribution in [0.5, 0.6) is 0 Å². The molecule has 3 rings (SSSR count). The highest BCUT2D eigenvalue weighted by Gasteiger charge is 2.32. The SMILES string of the molecule is Nc1ncc2c(n1)CN(S(=O)(=O)CC1CCCCC1)C2. The van der Waals surface area contributed by atoms with Gasteiger partial charge in [-0.1, -0.05) is 19.3 Å². The maximum atomic E-state index is 12.5. The van der Waals surface area contributed by atoms with Crippen LogP contribution in [-0.4, -0.2) is 28.4 Å². The van der Waals surface area contributed by atoms with E-state index in [0.717, 1.165) is 36.9 Å². The summed E-state index contributed by atoms with van der Waals surface area (Å²) >= 11 is 0. The summed E-state index contributed by atoms with van der Waals surface area (Å²) < 4.78 is 26.5. The molecule has 1 aliphatic heterocycles. The summed E-state index contributed by atoms with van der Waals surface area (Å²) in [6.07, 6.45) is 7.25. The molecule has 0 amide bonds. The highest BCUT2D eigenvalue weighted by Crippen LogP contribution is 2.29. The van der Waals surface area contributed by atoms with Crippen molar-refractivity contribution in [3.05, 3.63) is 17.5 Å². The molecule has 0 saturated heterocycles. The van der Waals surface area contributed by atoms with Crippen LogP contribution in [0.3, 0.4) is 0 Å². The van der Waals surface area contributed by atoms with Gasteiger partial charge in [0, 0.05) is 18.3 Å². The Balaban J connectivity index is 1.70. The Labute approximate surface area is 119 Å². The van der Waals surface area contributed by atoms with Crippen LogP contribution >= 0.6 is 0 Å². The van der Waals surface area contributed by atoms with Crippen molar-refractivity contribution in [2.24, 2.45) is 5.92 Å². The first-order valence-electron chi connectivity index (χ1n) is 7.13. The van der Waals surface area contributed by atoms with Gasteiger partial charge in [0.2, 0.25) is 16.0 Å². The smallest absolute Gasteiger partial charge is 0.220 e. The zero-order valence-corrected chi connectivity index (χ0v) is 12.3. The zero-order valence-electron chi connectivity index (χ0n) is 11.5. The average Bonchev–Trinajstić information content (AvgIpc) is 2.83. The Bertz CT molecular complexity index is 596. The standard InChI is InChI=1S/C13H20N4O2S/c14-13-15-6-11-7-17(8-12(11)16-13)20(18,19)9-10-4-2-1-3-5-10/h6,10H,1-5,7-9H2,(H2,14,15,16). The molecule has 6 nitrogen and oxygen atoms in total. The normalized spacial score (nSPS) is 21.0. The molecule has 1 saturated carbocycles. The van der Waals surface area contributed by atoms with Gasteiger partial charge in [-0.05, 0) is 18.8 Å². The van der Waals surface area contributed by atoms with Crippen molar-refractivity contribution in [1.82, 2.24) is 14.3 Å². The quantitative estimate of drug-likeness (QED) is 0.907. The van der Waals surface area contributed by atoms with E-state index in [4.69, 9.17) is 5.73 Å². The van der Waals surface area contributed by atoms with Gasteiger partial charge in [0.25, 0.3) is 0 Å². The number of anilines is 1. The first kappa shape index (κ1) is 13.8. The van der Waals surface area contributed by atoms with Gasteiger partial charge in [0.05, 0.1) is 18.0 Å². The van der Waals surface area contributed by atoms with E-state index in [2.05, 4.69) is 9.97 Å². The van der Waals surface area contributed by atoms with Gasteiger partial charge in [0.15, 0.2) is 0 Å². The first-order valence-corrected chi connectivity index (χ1v) is 8.73. The molecule has 0 radical (unpaired) electrons. The molecule has 2 aliphatic rings. The van der Waals surface area contributed by atoms with Crippen molar-refractivity contribution in [3.8, 4) is 0 Å². The number of nitrogen functional groups attached to an aromatic ring is 1. The third kappa shape index (κ3) is 2.78. The number of rotatable bonds is 3. The summed E-state index contributed by atoms with van der Waals surface area (Å²) in [7, 11) is -3.22. The molecule has 1 aromatic rings. The number of nitrogens with two attached hydrogens (primary N) is 1. The van der Waals surface area contributed by atoms with Crippen LogP contribution in [-0.2, 0) is 23.1 Å². The van der Waals surface area contributed by atoms with E-state index < -0.39 is 10.0 Å². The average molecular weight is 296 g/mol. The molecule has 0 unspecified atom stereocenters. The highest BCUT2D eigenvalue weighted by atomic mass is 32.2. The van der Waals surface area contributed by atoms with Crippen LogP contribution in [0.1, 0.15) is 43.4 Å². The fraction of sp³-hybridized carbons (Fsp3) is 0.692. The molecule has 0 aromatic carbocycles. The van der Waals surface area contributed by atoms with Gasteiger partial charge < -0.3 is 5.73 Å². The van der Waals surface area contributed by atoms with E-state index in [1.807, 2.05) is 0 Å². The van der Waals surface area contributed by atoms with E-state index in [0.29, 0.717) is 19.0 Å². The van der Waals surface area contributed by atoms with Crippen LogP contribution < -0.4 is 5.73 Å². The Morgan fingerprint density at radius 1 is 1.25 bits per heavy atom. The second kappa shape index (κ2) is 5.29. The fourth-order valence-corrected chi connectivity index (χ4v) is 4.89. The number of hydrogen-bond donors (Lipinski definition) is 1. The minimum absolute atomic E-state index is 0.204. The van der Waals surface area contributed by atoms with Gasteiger partial charge >= 0.3 is 0 Å². The molecule has 110 valence electrons. The molecule has 0 atom stereocenters. The second-order valence-electron chi connectivity index (χ2n) is 5.75. The molecule has 1 aliphatic carbocycles. The van der Waals surface area contributed by atoms with Crippen molar-refractivity contribution in [3.63, 3.8) is 0 Å². The lowest BCUT2D eigenvalue weighted by molar-refractivity contribution is 0.368. The minimum atomic E-state index is -3.22. The van der Waals surface area contributed by atoms with Gasteiger partial charge in [-0.2, -0.15) is 4.31 Å². The second-order valence-corrected chi connectivity index (χ2v) is 7.76. The van der Waals surface area contributed by atoms with E-state index in [1.54, 1.807) is 6.20 Å². The molecule has 2 heterocycles. The summed E-state index contributed by atoms with van der Waals surface area (Å²) in [6, 6.07) is 0. The largest absolute Gasteiger partial charge is 0.368 e. The Hall–Kier alpha value is -1.21. The van der Waals surface area contributed by atoms with E-state index >= 15 is 0 Å². The van der Waals surface area contributed by atoms with Gasteiger partial charge in [-0.25, -0.2) is 18.4 Å². The molecule has 0 spiro atoms. The summed E-state index contributed by atoms with van der Waals surface area (Å²) in [5.74, 6) is 0.785. The maximum absolute atomic E-state index is 12.5. The number of sulfonamides is 1. The number of fused-ring (bicyclic) bond motifs is 1. The van der Waals surface area contributed by atoms with Gasteiger partial charge in [-0.15, -0.1) is 0 Å². The molecular weight excluding hydrogens is 276 g/mol. The van der Waals surface area contributed by atoms with Gasteiger partial charge in [0.1, 0.15) is 0 Å². The van der Waals surface area contributed by atoms with Crippen molar-refractivity contribution in [2.75, 3.05) is 11.5 Å². The molecule has 2 N–H and O–H groups in total. The number of nitrogens with zero attached hydrogens (tertiary/aromatic N) is 3. The topological polar surface area (TPSA) is 89.2 Å². The van der Waals surface area contributed by atoms with Crippen LogP contribution in [0, 0.1) is 5.92 Å². The molecular formula is C13H20N4O2S. The molecule has 0 bridgehead atoms. The summed E-state index contributed by atoms with van der Waals surface area (Å²) in [6.45, 7) is 0.710. The number of hydrogen-bond acceptors (Lipinski definition) is 5. The van der Waals surface area contributed by atoms with Crippen LogP contribution in [0.25, 0.3) is 0 Å². The van der Waals surface area contributed by atoms with E-state index in [9.17, 15) is 8.42 Å². The minimum Gasteiger partial charge on any atom is -0.368 e. The third-order valence-electron chi connectivity index (χ3n) is 4.21. The zero-order chi connectivity index (χ0) is 14.2. The van der Waals surface area contributed by atoms with Crippen LogP contribution in [0.15, 0.2) is 6.20 Å². The highest BCUT2D eigenvalue weighted by molar-refractivity contribution is 7.89. The summed E-state index contributed by atoms with van der Waals surface area (Å²) in [4.78, 5) is 8.05. The lowest BCUT2D eigenvalue weighted by atomic mass is 9.91. The lowest BCUT2D eigenvalue weighted by Gasteiger charge is -2.24.